The van der Waals surface area contributed by atoms with Gasteiger partial charge in [-0.2, -0.15) is 0 Å². The second-order valence-corrected chi connectivity index (χ2v) is 12.2. The van der Waals surface area contributed by atoms with Gasteiger partial charge in [0.1, 0.15) is 6.54 Å². The van der Waals surface area contributed by atoms with E-state index in [-0.39, 0.29) is 28.0 Å². The lowest BCUT2D eigenvalue weighted by Crippen LogP contribution is -2.29. The number of nitrogens with two attached hydrogens (primary N) is 1. The average molecular weight is 526 g/mol. The molecule has 0 bridgehead atoms. The standard InChI is InChI=1S/C26H27N3O5S2/c1-19-6-8-21(9-7-19)18-35(31,32)25-16-29(24-5-3-2-4-23(24)25)17-26(30)28-15-14-20-10-12-22(13-11-20)36(27,33)34/h2-13,16H,14-15,17-18H2,1H3,(H,28,30)(H2,27,33,34). The minimum Gasteiger partial charge on any atom is -0.354 e. The van der Waals surface area contributed by atoms with Gasteiger partial charge in [-0.1, -0.05) is 60.2 Å². The second-order valence-electron chi connectivity index (χ2n) is 8.67. The topological polar surface area (TPSA) is 128 Å². The fourth-order valence-electron chi connectivity index (χ4n) is 3.98. The molecule has 36 heavy (non-hydrogen) atoms. The van der Waals surface area contributed by atoms with E-state index in [4.69, 9.17) is 5.14 Å². The quantitative estimate of drug-likeness (QED) is 0.347. The van der Waals surface area contributed by atoms with Gasteiger partial charge in [0.05, 0.1) is 15.5 Å². The molecule has 1 aromatic heterocycles. The van der Waals surface area contributed by atoms with Crippen molar-refractivity contribution in [1.82, 2.24) is 9.88 Å². The summed E-state index contributed by atoms with van der Waals surface area (Å²) in [7, 11) is -7.39. The number of aryl methyl sites for hydroxylation is 1. The number of rotatable bonds is 9. The molecule has 0 unspecified atom stereocenters. The summed E-state index contributed by atoms with van der Waals surface area (Å²) in [6.45, 7) is 2.25. The highest BCUT2D eigenvalue weighted by atomic mass is 32.2. The number of sulfone groups is 1. The molecule has 3 N–H and O–H groups in total. The van der Waals surface area contributed by atoms with E-state index in [0.717, 1.165) is 11.1 Å². The predicted molar refractivity (Wildman–Crippen MR) is 139 cm³/mol. The van der Waals surface area contributed by atoms with Gasteiger partial charge in [0.25, 0.3) is 0 Å². The third-order valence-corrected chi connectivity index (χ3v) is 8.50. The summed E-state index contributed by atoms with van der Waals surface area (Å²) in [4.78, 5) is 12.9. The van der Waals surface area contributed by atoms with E-state index in [9.17, 15) is 21.6 Å². The first kappa shape index (κ1) is 25.6. The third kappa shape index (κ3) is 6.01. The number of hydrogen-bond acceptors (Lipinski definition) is 5. The van der Waals surface area contributed by atoms with E-state index < -0.39 is 19.9 Å². The smallest absolute Gasteiger partial charge is 0.239 e. The van der Waals surface area contributed by atoms with Crippen LogP contribution in [0.5, 0.6) is 0 Å². The SMILES string of the molecule is Cc1ccc(CS(=O)(=O)c2cn(CC(=O)NCCc3ccc(S(N)(=O)=O)cc3)c3ccccc23)cc1. The molecule has 4 aromatic rings. The first-order valence-electron chi connectivity index (χ1n) is 11.3. The van der Waals surface area contributed by atoms with Crippen LogP contribution < -0.4 is 10.5 Å². The molecule has 0 atom stereocenters. The zero-order chi connectivity index (χ0) is 25.9. The summed E-state index contributed by atoms with van der Waals surface area (Å²) in [5.74, 6) is -0.392. The lowest BCUT2D eigenvalue weighted by atomic mass is 10.1. The highest BCUT2D eigenvalue weighted by Crippen LogP contribution is 2.28. The lowest BCUT2D eigenvalue weighted by molar-refractivity contribution is -0.121. The second kappa shape index (κ2) is 10.3. The Labute approximate surface area is 210 Å². The molecule has 1 heterocycles. The minimum absolute atomic E-state index is 0.0305. The van der Waals surface area contributed by atoms with Gasteiger partial charge in [0.15, 0.2) is 9.84 Å². The maximum Gasteiger partial charge on any atom is 0.239 e. The van der Waals surface area contributed by atoms with Crippen LogP contribution in [0.25, 0.3) is 10.9 Å². The largest absolute Gasteiger partial charge is 0.354 e. The normalized spacial score (nSPS) is 12.1. The van der Waals surface area contributed by atoms with Crippen LogP contribution in [0.1, 0.15) is 16.7 Å². The Morgan fingerprint density at radius 2 is 1.53 bits per heavy atom. The number of benzene rings is 3. The van der Waals surface area contributed by atoms with Gasteiger partial charge in [0, 0.05) is 23.6 Å². The lowest BCUT2D eigenvalue weighted by Gasteiger charge is -2.08. The Bertz CT molecular complexity index is 1610. The van der Waals surface area contributed by atoms with Crippen molar-refractivity contribution in [3.05, 3.63) is 95.7 Å². The molecule has 1 amide bonds. The first-order chi connectivity index (χ1) is 17.0. The van der Waals surface area contributed by atoms with E-state index in [1.807, 2.05) is 31.2 Å². The van der Waals surface area contributed by atoms with Crippen LogP contribution in [-0.4, -0.2) is 33.9 Å². The number of aromatic nitrogens is 1. The Morgan fingerprint density at radius 1 is 0.889 bits per heavy atom. The van der Waals surface area contributed by atoms with E-state index in [1.165, 1.54) is 18.3 Å². The van der Waals surface area contributed by atoms with E-state index >= 15 is 0 Å². The molecule has 0 radical (unpaired) electrons. The number of nitrogens with zero attached hydrogens (tertiary/aromatic N) is 1. The zero-order valence-corrected chi connectivity index (χ0v) is 21.3. The molecule has 0 saturated heterocycles. The van der Waals surface area contributed by atoms with Gasteiger partial charge < -0.3 is 9.88 Å². The summed E-state index contributed by atoms with van der Waals surface area (Å²) in [5, 5.41) is 8.51. The number of primary sulfonamides is 1. The van der Waals surface area contributed by atoms with Crippen molar-refractivity contribution >= 4 is 36.7 Å². The number of fused-ring (bicyclic) bond motifs is 1. The van der Waals surface area contributed by atoms with Crippen molar-refractivity contribution in [1.29, 1.82) is 0 Å². The molecule has 0 spiro atoms. The number of amides is 1. The Morgan fingerprint density at radius 3 is 2.19 bits per heavy atom. The highest BCUT2D eigenvalue weighted by Gasteiger charge is 2.22. The van der Waals surface area contributed by atoms with E-state index in [2.05, 4.69) is 5.32 Å². The summed E-state index contributed by atoms with van der Waals surface area (Å²) >= 11 is 0. The van der Waals surface area contributed by atoms with Crippen LogP contribution in [0.3, 0.4) is 0 Å². The maximum absolute atomic E-state index is 13.3. The van der Waals surface area contributed by atoms with Crippen LogP contribution >= 0.6 is 0 Å². The van der Waals surface area contributed by atoms with Crippen LogP contribution in [0, 0.1) is 6.92 Å². The van der Waals surface area contributed by atoms with Gasteiger partial charge in [-0.05, 0) is 42.7 Å². The first-order valence-corrected chi connectivity index (χ1v) is 14.5. The number of sulfonamides is 1. The molecular formula is C26H27N3O5S2. The average Bonchev–Trinajstić information content (AvgIpc) is 3.20. The monoisotopic (exact) mass is 525 g/mol. The molecular weight excluding hydrogens is 498 g/mol. The van der Waals surface area contributed by atoms with Gasteiger partial charge in [0.2, 0.25) is 15.9 Å². The van der Waals surface area contributed by atoms with Gasteiger partial charge in [-0.15, -0.1) is 0 Å². The Hall–Kier alpha value is -3.47. The number of nitrogens with one attached hydrogen (secondary N) is 1. The molecule has 188 valence electrons. The fourth-order valence-corrected chi connectivity index (χ4v) is 6.07. The third-order valence-electron chi connectivity index (χ3n) is 5.87. The van der Waals surface area contributed by atoms with Crippen molar-refractivity contribution in [3.8, 4) is 0 Å². The van der Waals surface area contributed by atoms with Crippen LogP contribution in [0.4, 0.5) is 0 Å². The maximum atomic E-state index is 13.3. The van der Waals surface area contributed by atoms with Gasteiger partial charge in [-0.3, -0.25) is 4.79 Å². The van der Waals surface area contributed by atoms with Crippen molar-refractivity contribution in [3.63, 3.8) is 0 Å². The molecule has 0 aliphatic carbocycles. The van der Waals surface area contributed by atoms with Crippen molar-refractivity contribution < 1.29 is 21.6 Å². The molecule has 0 saturated carbocycles. The molecule has 0 fully saturated rings. The molecule has 4 rings (SSSR count). The minimum atomic E-state index is -3.75. The van der Waals surface area contributed by atoms with Crippen molar-refractivity contribution in [2.24, 2.45) is 5.14 Å². The van der Waals surface area contributed by atoms with Crippen LogP contribution in [0.15, 0.2) is 88.8 Å². The highest BCUT2D eigenvalue weighted by molar-refractivity contribution is 7.91. The van der Waals surface area contributed by atoms with E-state index in [1.54, 1.807) is 41.0 Å². The molecule has 0 aliphatic rings. The van der Waals surface area contributed by atoms with Crippen molar-refractivity contribution in [2.75, 3.05) is 6.54 Å². The molecule has 0 aliphatic heterocycles. The summed E-state index contributed by atoms with van der Waals surface area (Å²) < 4.78 is 50.9. The zero-order valence-electron chi connectivity index (χ0n) is 19.7. The van der Waals surface area contributed by atoms with Gasteiger partial charge in [-0.25, -0.2) is 22.0 Å². The molecule has 10 heteroatoms. The number of para-hydroxylation sites is 1. The molecule has 8 nitrogen and oxygen atoms in total. The summed E-state index contributed by atoms with van der Waals surface area (Å²) in [6.07, 6.45) is 2.03. The Kier molecular flexibility index (Phi) is 7.30. The fraction of sp³-hybridized carbons (Fsp3) is 0.192. The summed E-state index contributed by atoms with van der Waals surface area (Å²) in [5.41, 5.74) is 3.26. The molecule has 3 aromatic carbocycles. The number of carbonyl (C=O) groups excluding carboxylic acids is 1. The number of carbonyl (C=O) groups is 1. The predicted octanol–water partition coefficient (Wildman–Crippen LogP) is 2.93. The Balaban J connectivity index is 1.45. The number of hydrogen-bond donors (Lipinski definition) is 2. The van der Waals surface area contributed by atoms with Gasteiger partial charge >= 0.3 is 0 Å². The van der Waals surface area contributed by atoms with Crippen LogP contribution in [-0.2, 0) is 43.4 Å². The summed E-state index contributed by atoms with van der Waals surface area (Å²) in [6, 6.07) is 20.7. The van der Waals surface area contributed by atoms with Crippen molar-refractivity contribution in [2.45, 2.75) is 35.4 Å². The van der Waals surface area contributed by atoms with Crippen LogP contribution in [0.2, 0.25) is 0 Å². The van der Waals surface area contributed by atoms with E-state index in [0.29, 0.717) is 29.4 Å².